The van der Waals surface area contributed by atoms with E-state index in [4.69, 9.17) is 14.0 Å². The van der Waals surface area contributed by atoms with E-state index < -0.39 is 11.0 Å². The molecule has 4 rings (SSSR count). The Bertz CT molecular complexity index is 1110. The minimum atomic E-state index is -1.27. The second-order valence-electron chi connectivity index (χ2n) is 9.62. The Hall–Kier alpha value is -2.75. The van der Waals surface area contributed by atoms with Crippen LogP contribution in [-0.2, 0) is 15.7 Å². The molecule has 0 amide bonds. The van der Waals surface area contributed by atoms with Crippen LogP contribution in [0.15, 0.2) is 57.9 Å². The Morgan fingerprint density at radius 1 is 1.06 bits per heavy atom. The Morgan fingerprint density at radius 2 is 1.69 bits per heavy atom. The van der Waals surface area contributed by atoms with Gasteiger partial charge in [-0.25, -0.2) is 8.93 Å². The van der Waals surface area contributed by atoms with Gasteiger partial charge in [0.25, 0.3) is 0 Å². The van der Waals surface area contributed by atoms with Crippen molar-refractivity contribution in [2.24, 2.45) is 5.92 Å². The largest absolute Gasteiger partial charge is 0.493 e. The Morgan fingerprint density at radius 3 is 2.28 bits per heavy atom. The number of methoxy groups -OCH3 is 1. The third-order valence-electron chi connectivity index (χ3n) is 6.30. The van der Waals surface area contributed by atoms with Crippen LogP contribution in [0, 0.1) is 5.92 Å². The summed E-state index contributed by atoms with van der Waals surface area (Å²) in [7, 11) is 0.368. The first-order valence-corrected chi connectivity index (χ1v) is 13.7. The first-order chi connectivity index (χ1) is 17.4. The number of nitrogens with zero attached hydrogens (tertiary/aromatic N) is 3. The van der Waals surface area contributed by atoms with Crippen molar-refractivity contribution in [2.75, 3.05) is 38.3 Å². The van der Waals surface area contributed by atoms with E-state index in [9.17, 15) is 4.21 Å². The van der Waals surface area contributed by atoms with Gasteiger partial charge in [0, 0.05) is 32.2 Å². The van der Waals surface area contributed by atoms with Gasteiger partial charge in [0.15, 0.2) is 5.82 Å². The van der Waals surface area contributed by atoms with Crippen LogP contribution in [0.3, 0.4) is 0 Å². The first kappa shape index (κ1) is 26.3. The Balaban J connectivity index is 1.24. The van der Waals surface area contributed by atoms with Crippen molar-refractivity contribution in [2.45, 2.75) is 50.5 Å². The zero-order chi connectivity index (χ0) is 25.5. The maximum Gasteiger partial charge on any atom is 0.324 e. The van der Waals surface area contributed by atoms with E-state index >= 15 is 0 Å². The molecule has 2 aromatic carbocycles. The smallest absolute Gasteiger partial charge is 0.324 e. The number of nitrogens with one attached hydrogen (secondary N) is 1. The van der Waals surface area contributed by atoms with Gasteiger partial charge < -0.3 is 18.9 Å². The van der Waals surface area contributed by atoms with Gasteiger partial charge in [-0.1, -0.05) is 43.3 Å². The van der Waals surface area contributed by atoms with Crippen molar-refractivity contribution in [3.05, 3.63) is 54.4 Å². The van der Waals surface area contributed by atoms with Gasteiger partial charge in [-0.05, 0) is 61.1 Å². The van der Waals surface area contributed by atoms with Crippen LogP contribution < -0.4 is 14.4 Å². The number of aromatic nitrogens is 2. The highest BCUT2D eigenvalue weighted by atomic mass is 32.2. The van der Waals surface area contributed by atoms with Gasteiger partial charge in [-0.15, -0.1) is 0 Å². The molecule has 2 atom stereocenters. The molecule has 0 spiro atoms. The number of hydrogen-bond donors (Lipinski definition) is 1. The number of benzene rings is 2. The van der Waals surface area contributed by atoms with Crippen LogP contribution in [0.1, 0.15) is 45.4 Å². The topological polar surface area (TPSA) is 89.7 Å². The molecule has 2 unspecified atom stereocenters. The average molecular weight is 513 g/mol. The van der Waals surface area contributed by atoms with E-state index in [-0.39, 0.29) is 12.0 Å². The number of hydrogen-bond acceptors (Lipinski definition) is 7. The van der Waals surface area contributed by atoms with Crippen molar-refractivity contribution in [3.63, 3.8) is 0 Å². The molecule has 9 heteroatoms. The van der Waals surface area contributed by atoms with E-state index in [1.807, 2.05) is 43.3 Å². The monoisotopic (exact) mass is 512 g/mol. The second-order valence-corrected chi connectivity index (χ2v) is 10.9. The van der Waals surface area contributed by atoms with Crippen LogP contribution in [0.25, 0.3) is 11.1 Å². The molecule has 3 aromatic rings. The van der Waals surface area contributed by atoms with Crippen molar-refractivity contribution in [1.82, 2.24) is 14.9 Å². The van der Waals surface area contributed by atoms with E-state index in [0.29, 0.717) is 25.1 Å². The lowest BCUT2D eigenvalue weighted by molar-refractivity contribution is 0.181. The van der Waals surface area contributed by atoms with E-state index in [0.717, 1.165) is 53.5 Å². The van der Waals surface area contributed by atoms with Crippen LogP contribution >= 0.6 is 0 Å². The quantitative estimate of drug-likeness (QED) is 0.395. The van der Waals surface area contributed by atoms with Gasteiger partial charge in [-0.2, -0.15) is 4.98 Å². The van der Waals surface area contributed by atoms with Gasteiger partial charge in [0.1, 0.15) is 16.7 Å². The highest BCUT2D eigenvalue weighted by Gasteiger charge is 2.24. The molecular weight excluding hydrogens is 476 g/mol. The third-order valence-corrected chi connectivity index (χ3v) is 7.62. The molecule has 0 radical (unpaired) electrons. The van der Waals surface area contributed by atoms with Gasteiger partial charge in [-0.3, -0.25) is 0 Å². The molecule has 1 aliphatic heterocycles. The molecule has 1 aliphatic rings. The number of rotatable bonds is 11. The lowest BCUT2D eigenvalue weighted by Gasteiger charge is -2.30. The van der Waals surface area contributed by atoms with E-state index in [2.05, 4.69) is 45.7 Å². The van der Waals surface area contributed by atoms with Crippen molar-refractivity contribution >= 4 is 17.0 Å². The summed E-state index contributed by atoms with van der Waals surface area (Å²) >= 11 is 0. The predicted molar refractivity (Wildman–Crippen MR) is 142 cm³/mol. The first-order valence-electron chi connectivity index (χ1n) is 12.5. The zero-order valence-electron chi connectivity index (χ0n) is 21.5. The number of ether oxygens (including phenoxy) is 2. The minimum Gasteiger partial charge on any atom is -0.493 e. The Kier molecular flexibility index (Phi) is 9.12. The summed E-state index contributed by atoms with van der Waals surface area (Å²) in [4.78, 5) is 7.42. The fraction of sp³-hybridized carbons (Fsp3) is 0.481. The second kappa shape index (κ2) is 12.5. The number of piperidine rings is 1. The third kappa shape index (κ3) is 6.93. The highest BCUT2D eigenvalue weighted by molar-refractivity contribution is 7.83. The standard InChI is InChI=1S/C27H36N4O4S/c1-19(2)26-28-27(35-29-26)31-15-13-21(14-16-31)18-34-24-9-5-22(6-10-24)23-7-11-25(12-8-23)36(32)30-20(3)17-33-4/h5-12,19-21,30H,13-18H2,1-4H3. The van der Waals surface area contributed by atoms with Gasteiger partial charge in [0.2, 0.25) is 0 Å². The minimum absolute atomic E-state index is 0.0128. The predicted octanol–water partition coefficient (Wildman–Crippen LogP) is 4.80. The summed E-state index contributed by atoms with van der Waals surface area (Å²) in [5.74, 6) is 2.40. The summed E-state index contributed by atoms with van der Waals surface area (Å²) in [5, 5.41) is 4.07. The fourth-order valence-electron chi connectivity index (χ4n) is 4.14. The molecule has 8 nitrogen and oxygen atoms in total. The maximum atomic E-state index is 12.5. The van der Waals surface area contributed by atoms with Crippen molar-refractivity contribution in [3.8, 4) is 16.9 Å². The molecule has 2 heterocycles. The number of anilines is 1. The normalized spacial score (nSPS) is 16.3. The zero-order valence-corrected chi connectivity index (χ0v) is 22.3. The molecule has 0 aliphatic carbocycles. The molecular formula is C27H36N4O4S. The fourth-order valence-corrected chi connectivity index (χ4v) is 5.10. The van der Waals surface area contributed by atoms with E-state index in [1.54, 1.807) is 7.11 Å². The molecule has 1 saturated heterocycles. The maximum absolute atomic E-state index is 12.5. The van der Waals surface area contributed by atoms with Gasteiger partial charge in [0.05, 0.1) is 18.1 Å². The van der Waals surface area contributed by atoms with Crippen LogP contribution in [0.5, 0.6) is 5.75 Å². The molecule has 1 N–H and O–H groups in total. The summed E-state index contributed by atoms with van der Waals surface area (Å²) in [6.07, 6.45) is 2.06. The highest BCUT2D eigenvalue weighted by Crippen LogP contribution is 2.26. The van der Waals surface area contributed by atoms with Gasteiger partial charge >= 0.3 is 6.01 Å². The van der Waals surface area contributed by atoms with Crippen LogP contribution in [-0.4, -0.2) is 53.8 Å². The lowest BCUT2D eigenvalue weighted by atomic mass is 9.98. The molecule has 1 fully saturated rings. The summed E-state index contributed by atoms with van der Waals surface area (Å²) < 4.78 is 32.1. The molecule has 36 heavy (non-hydrogen) atoms. The van der Waals surface area contributed by atoms with Crippen LogP contribution in [0.2, 0.25) is 0 Å². The molecule has 1 aromatic heterocycles. The van der Waals surface area contributed by atoms with Crippen LogP contribution in [0.4, 0.5) is 6.01 Å². The summed E-state index contributed by atoms with van der Waals surface area (Å²) in [5.41, 5.74) is 2.16. The lowest BCUT2D eigenvalue weighted by Crippen LogP contribution is -2.35. The molecule has 0 saturated carbocycles. The SMILES string of the molecule is COCC(C)NS(=O)c1ccc(-c2ccc(OCC3CCN(c4nc(C(C)C)no4)CC3)cc2)cc1. The van der Waals surface area contributed by atoms with Crippen molar-refractivity contribution in [1.29, 1.82) is 0 Å². The van der Waals surface area contributed by atoms with Crippen molar-refractivity contribution < 1.29 is 18.2 Å². The Labute approximate surface area is 216 Å². The summed E-state index contributed by atoms with van der Waals surface area (Å²) in [6, 6.07) is 16.6. The average Bonchev–Trinajstić information content (AvgIpc) is 3.39. The van der Waals surface area contributed by atoms with E-state index in [1.165, 1.54) is 0 Å². The molecule has 194 valence electrons. The molecule has 0 bridgehead atoms. The summed E-state index contributed by atoms with van der Waals surface area (Å²) in [6.45, 7) is 9.08.